The summed E-state index contributed by atoms with van der Waals surface area (Å²) >= 11 is 0. The number of halogens is 1. The number of sulfonamides is 1. The van der Waals surface area contributed by atoms with E-state index in [0.717, 1.165) is 18.2 Å². The topological polar surface area (TPSA) is 125 Å². The molecule has 3 rings (SSSR count). The molecule has 0 bridgehead atoms. The van der Waals surface area contributed by atoms with E-state index < -0.39 is 38.4 Å². The Kier molecular flexibility index (Phi) is 5.02. The van der Waals surface area contributed by atoms with Crippen LogP contribution in [0.25, 0.3) is 11.5 Å². The van der Waals surface area contributed by atoms with E-state index in [-0.39, 0.29) is 11.8 Å². The van der Waals surface area contributed by atoms with Crippen LogP contribution in [0.1, 0.15) is 29.3 Å². The van der Waals surface area contributed by atoms with E-state index in [9.17, 15) is 17.6 Å². The van der Waals surface area contributed by atoms with Crippen LogP contribution in [0.3, 0.4) is 0 Å². The molecule has 1 heterocycles. The zero-order valence-corrected chi connectivity index (χ0v) is 14.8. The predicted molar refractivity (Wildman–Crippen MR) is 91.3 cm³/mol. The summed E-state index contributed by atoms with van der Waals surface area (Å²) in [6.07, 6.45) is -0.986. The third kappa shape index (κ3) is 4.18. The Balaban J connectivity index is 1.80. The van der Waals surface area contributed by atoms with E-state index in [1.54, 1.807) is 24.3 Å². The van der Waals surface area contributed by atoms with Gasteiger partial charge in [-0.05, 0) is 37.3 Å². The fraction of sp³-hybridized carbons (Fsp3) is 0.118. The van der Waals surface area contributed by atoms with Crippen molar-refractivity contribution in [3.8, 4) is 11.5 Å². The monoisotopic (exact) mass is 391 g/mol. The molecule has 8 nitrogen and oxygen atoms in total. The van der Waals surface area contributed by atoms with Gasteiger partial charge in [-0.1, -0.05) is 18.2 Å². The minimum Gasteiger partial charge on any atom is -0.449 e. The second kappa shape index (κ2) is 7.25. The van der Waals surface area contributed by atoms with Crippen molar-refractivity contribution in [3.63, 3.8) is 0 Å². The van der Waals surface area contributed by atoms with Crippen molar-refractivity contribution in [2.45, 2.75) is 17.9 Å². The van der Waals surface area contributed by atoms with E-state index in [0.29, 0.717) is 5.56 Å². The highest BCUT2D eigenvalue weighted by Crippen LogP contribution is 2.24. The molecule has 0 aliphatic heterocycles. The molecule has 10 heteroatoms. The standard InChI is InChI=1S/C17H14FN3O5S/c1-10(15-20-21-16(26-15)11-5-3-2-4-6-11)25-17(22)13-9-12(27(19,23)24)7-8-14(13)18/h2-10H,1H3,(H2,19,23,24)/t10-/m1/s1. The molecule has 27 heavy (non-hydrogen) atoms. The number of hydrogen-bond donors (Lipinski definition) is 1. The van der Waals surface area contributed by atoms with Gasteiger partial charge in [-0.2, -0.15) is 0 Å². The minimum atomic E-state index is -4.10. The van der Waals surface area contributed by atoms with Crippen LogP contribution >= 0.6 is 0 Å². The summed E-state index contributed by atoms with van der Waals surface area (Å²) in [7, 11) is -4.10. The summed E-state index contributed by atoms with van der Waals surface area (Å²) < 4.78 is 47.2. The zero-order chi connectivity index (χ0) is 19.6. The van der Waals surface area contributed by atoms with Gasteiger partial charge in [-0.15, -0.1) is 10.2 Å². The molecule has 0 spiro atoms. The van der Waals surface area contributed by atoms with Crippen molar-refractivity contribution in [1.82, 2.24) is 10.2 Å². The highest BCUT2D eigenvalue weighted by atomic mass is 32.2. The van der Waals surface area contributed by atoms with E-state index in [2.05, 4.69) is 10.2 Å². The van der Waals surface area contributed by atoms with Gasteiger partial charge >= 0.3 is 5.97 Å². The molecule has 0 radical (unpaired) electrons. The average Bonchev–Trinajstić information content (AvgIpc) is 3.12. The SMILES string of the molecule is C[C@@H](OC(=O)c1cc(S(N)(=O)=O)ccc1F)c1nnc(-c2ccccc2)o1. The first kappa shape index (κ1) is 18.7. The number of carbonyl (C=O) groups is 1. The highest BCUT2D eigenvalue weighted by molar-refractivity contribution is 7.89. The number of nitrogens with zero attached hydrogens (tertiary/aromatic N) is 2. The minimum absolute atomic E-state index is 0.00483. The number of nitrogens with two attached hydrogens (primary N) is 1. The maximum absolute atomic E-state index is 13.9. The lowest BCUT2D eigenvalue weighted by atomic mass is 10.2. The van der Waals surface area contributed by atoms with Crippen molar-refractivity contribution in [1.29, 1.82) is 0 Å². The lowest BCUT2D eigenvalue weighted by Gasteiger charge is -2.10. The first-order valence-corrected chi connectivity index (χ1v) is 9.22. The van der Waals surface area contributed by atoms with Crippen LogP contribution in [-0.2, 0) is 14.8 Å². The Morgan fingerprint density at radius 3 is 2.56 bits per heavy atom. The molecule has 3 aromatic rings. The number of benzene rings is 2. The number of ether oxygens (including phenoxy) is 1. The average molecular weight is 391 g/mol. The summed E-state index contributed by atoms with van der Waals surface area (Å²) in [6, 6.07) is 11.5. The van der Waals surface area contributed by atoms with Gasteiger partial charge in [-0.25, -0.2) is 22.7 Å². The summed E-state index contributed by atoms with van der Waals surface area (Å²) in [5, 5.41) is 12.7. The van der Waals surface area contributed by atoms with Gasteiger partial charge in [0.2, 0.25) is 15.9 Å². The second-order valence-corrected chi connectivity index (χ2v) is 7.11. The summed E-state index contributed by atoms with van der Waals surface area (Å²) in [5.41, 5.74) is 0.109. The Bertz CT molecular complexity index is 1080. The Hall–Kier alpha value is -3.11. The summed E-state index contributed by atoms with van der Waals surface area (Å²) in [4.78, 5) is 11.8. The first-order valence-electron chi connectivity index (χ1n) is 7.68. The highest BCUT2D eigenvalue weighted by Gasteiger charge is 2.23. The van der Waals surface area contributed by atoms with E-state index in [1.165, 1.54) is 6.92 Å². The van der Waals surface area contributed by atoms with E-state index >= 15 is 0 Å². The second-order valence-electron chi connectivity index (χ2n) is 5.55. The lowest BCUT2D eigenvalue weighted by molar-refractivity contribution is 0.0274. The molecular weight excluding hydrogens is 377 g/mol. The maximum atomic E-state index is 13.9. The Morgan fingerprint density at radius 2 is 1.89 bits per heavy atom. The van der Waals surface area contributed by atoms with E-state index in [1.807, 2.05) is 6.07 Å². The van der Waals surface area contributed by atoms with Gasteiger partial charge in [0.05, 0.1) is 10.5 Å². The third-order valence-corrected chi connectivity index (χ3v) is 4.49. The fourth-order valence-electron chi connectivity index (χ4n) is 2.21. The molecule has 0 amide bonds. The molecule has 1 atom stereocenters. The number of carbonyl (C=O) groups excluding carboxylic acids is 1. The van der Waals surface area contributed by atoms with Gasteiger partial charge in [0, 0.05) is 5.56 Å². The first-order chi connectivity index (χ1) is 12.8. The number of aromatic nitrogens is 2. The largest absolute Gasteiger partial charge is 0.449 e. The van der Waals surface area contributed by atoms with Crippen LogP contribution in [0.2, 0.25) is 0 Å². The van der Waals surface area contributed by atoms with Gasteiger partial charge in [0.15, 0.2) is 6.10 Å². The van der Waals surface area contributed by atoms with Crippen LogP contribution in [0.5, 0.6) is 0 Å². The summed E-state index contributed by atoms with van der Waals surface area (Å²) in [6.45, 7) is 1.46. The molecule has 0 saturated heterocycles. The molecule has 140 valence electrons. The number of esters is 1. The molecule has 0 saturated carbocycles. The number of hydrogen-bond acceptors (Lipinski definition) is 7. The van der Waals surface area contributed by atoms with Crippen molar-refractivity contribution in [2.24, 2.45) is 5.14 Å². The molecule has 1 aromatic heterocycles. The zero-order valence-electron chi connectivity index (χ0n) is 14.0. The van der Waals surface area contributed by atoms with Crippen LogP contribution < -0.4 is 5.14 Å². The van der Waals surface area contributed by atoms with Crippen LogP contribution in [0.4, 0.5) is 4.39 Å². The van der Waals surface area contributed by atoms with Crippen LogP contribution in [-0.4, -0.2) is 24.6 Å². The van der Waals surface area contributed by atoms with Crippen molar-refractivity contribution in [2.75, 3.05) is 0 Å². The molecule has 0 fully saturated rings. The number of rotatable bonds is 5. The van der Waals surface area contributed by atoms with Gasteiger partial charge < -0.3 is 9.15 Å². The molecular formula is C17H14FN3O5S. The Morgan fingerprint density at radius 1 is 1.19 bits per heavy atom. The molecule has 2 aromatic carbocycles. The maximum Gasteiger partial charge on any atom is 0.341 e. The molecule has 0 unspecified atom stereocenters. The van der Waals surface area contributed by atoms with Gasteiger partial charge in [0.25, 0.3) is 5.89 Å². The fourth-order valence-corrected chi connectivity index (χ4v) is 2.75. The normalized spacial score (nSPS) is 12.6. The smallest absolute Gasteiger partial charge is 0.341 e. The lowest BCUT2D eigenvalue weighted by Crippen LogP contribution is -2.15. The molecule has 2 N–H and O–H groups in total. The van der Waals surface area contributed by atoms with Crippen LogP contribution in [0, 0.1) is 5.82 Å². The van der Waals surface area contributed by atoms with Crippen molar-refractivity contribution < 1.29 is 26.8 Å². The third-order valence-electron chi connectivity index (χ3n) is 3.58. The predicted octanol–water partition coefficient (Wildman–Crippen LogP) is 2.44. The van der Waals surface area contributed by atoms with E-state index in [4.69, 9.17) is 14.3 Å². The van der Waals surface area contributed by atoms with Crippen molar-refractivity contribution >= 4 is 16.0 Å². The molecule has 0 aliphatic rings. The quantitative estimate of drug-likeness (QED) is 0.662. The molecule has 0 aliphatic carbocycles. The Labute approximate surface area is 153 Å². The summed E-state index contributed by atoms with van der Waals surface area (Å²) in [5.74, 6) is -1.80. The number of primary sulfonamides is 1. The van der Waals surface area contributed by atoms with Gasteiger partial charge in [0.1, 0.15) is 5.82 Å². The van der Waals surface area contributed by atoms with Crippen LogP contribution in [0.15, 0.2) is 57.8 Å². The van der Waals surface area contributed by atoms with Crippen molar-refractivity contribution in [3.05, 3.63) is 65.8 Å². The van der Waals surface area contributed by atoms with Gasteiger partial charge in [-0.3, -0.25) is 0 Å².